The van der Waals surface area contributed by atoms with Crippen molar-refractivity contribution in [2.45, 2.75) is 19.3 Å². The van der Waals surface area contributed by atoms with Crippen molar-refractivity contribution in [2.75, 3.05) is 0 Å². The maximum absolute atomic E-state index is 10.6. The van der Waals surface area contributed by atoms with Crippen molar-refractivity contribution in [3.05, 3.63) is 5.92 Å². The Morgan fingerprint density at radius 1 is 1.29 bits per heavy atom. The summed E-state index contributed by atoms with van der Waals surface area (Å²) in [6.07, 6.45) is 3.15. The molecule has 3 aliphatic rings. The molecule has 0 saturated heterocycles. The molecule has 0 aromatic heterocycles. The molecule has 1 nitrogen and oxygen atoms in total. The quantitative estimate of drug-likeness (QED) is 0.437. The number of fused-ring (bicyclic) bond motifs is 1. The van der Waals surface area contributed by atoms with Gasteiger partial charge in [-0.2, -0.15) is 0 Å². The van der Waals surface area contributed by atoms with Crippen molar-refractivity contribution in [3.8, 4) is 0 Å². The molecule has 3 aliphatic carbocycles. The predicted molar refractivity (Wildman–Crippen MR) is 25.6 cm³/mol. The lowest BCUT2D eigenvalue weighted by atomic mass is 9.85. The van der Waals surface area contributed by atoms with Gasteiger partial charge in [-0.15, -0.1) is 0 Å². The van der Waals surface area contributed by atoms with Gasteiger partial charge >= 0.3 is 0 Å². The largest absolute Gasteiger partial charge is 0.299 e. The van der Waals surface area contributed by atoms with Crippen LogP contribution in [-0.4, -0.2) is 5.78 Å². The van der Waals surface area contributed by atoms with E-state index in [0.717, 1.165) is 25.2 Å². The van der Waals surface area contributed by atoms with Crippen LogP contribution in [0.5, 0.6) is 0 Å². The second-order valence-electron chi connectivity index (χ2n) is 2.51. The SMILES string of the molecule is O=C1CC2C[C]1C2. The first-order valence-corrected chi connectivity index (χ1v) is 2.74. The third-order valence-corrected chi connectivity index (χ3v) is 1.94. The topological polar surface area (TPSA) is 17.1 Å². The lowest BCUT2D eigenvalue weighted by Gasteiger charge is -2.18. The third kappa shape index (κ3) is 0.311. The zero-order valence-electron chi connectivity index (χ0n) is 4.11. The van der Waals surface area contributed by atoms with Crippen LogP contribution in [0.3, 0.4) is 0 Å². The number of Topliss-reactive ketones (excluding diaryl/α,β-unsaturated/α-hetero) is 1. The highest BCUT2D eigenvalue weighted by atomic mass is 16.1. The van der Waals surface area contributed by atoms with Gasteiger partial charge in [-0.3, -0.25) is 4.79 Å². The molecular weight excluding hydrogens is 88.1 g/mol. The Morgan fingerprint density at radius 3 is 2.14 bits per heavy atom. The van der Waals surface area contributed by atoms with E-state index in [2.05, 4.69) is 0 Å². The van der Waals surface area contributed by atoms with Gasteiger partial charge in [0.1, 0.15) is 5.78 Å². The highest BCUT2D eigenvalue weighted by Crippen LogP contribution is 2.47. The van der Waals surface area contributed by atoms with Gasteiger partial charge in [0, 0.05) is 12.3 Å². The van der Waals surface area contributed by atoms with Gasteiger partial charge in [0.05, 0.1) is 0 Å². The molecule has 0 atom stereocenters. The van der Waals surface area contributed by atoms with E-state index in [1.54, 1.807) is 0 Å². The van der Waals surface area contributed by atoms with Gasteiger partial charge < -0.3 is 0 Å². The standard InChI is InChI=1S/C6H7O/c7-6-3-4-1-5(6)2-4/h4H,1-3H2. The highest BCUT2D eigenvalue weighted by molar-refractivity contribution is 5.97. The second kappa shape index (κ2) is 0.908. The Balaban J connectivity index is 2.27. The van der Waals surface area contributed by atoms with E-state index in [9.17, 15) is 4.79 Å². The first-order valence-electron chi connectivity index (χ1n) is 2.74. The molecule has 7 heavy (non-hydrogen) atoms. The Kier molecular flexibility index (Phi) is 0.473. The summed E-state index contributed by atoms with van der Waals surface area (Å²) in [7, 11) is 0. The normalized spacial score (nSPS) is 31.1. The molecular formula is C6H7O. The van der Waals surface area contributed by atoms with E-state index in [1.165, 1.54) is 5.92 Å². The monoisotopic (exact) mass is 95.0 g/mol. The number of carbonyl (C=O) groups excluding carboxylic acids is 1. The fraction of sp³-hybridized carbons (Fsp3) is 0.667. The zero-order chi connectivity index (χ0) is 4.85. The average molecular weight is 95.1 g/mol. The van der Waals surface area contributed by atoms with Crippen LogP contribution in [0.4, 0.5) is 0 Å². The molecule has 3 rings (SSSR count). The van der Waals surface area contributed by atoms with E-state index in [4.69, 9.17) is 0 Å². The molecule has 0 aromatic carbocycles. The first kappa shape index (κ1) is 3.65. The van der Waals surface area contributed by atoms with Crippen LogP contribution in [0.15, 0.2) is 0 Å². The van der Waals surface area contributed by atoms with Crippen LogP contribution in [0.2, 0.25) is 0 Å². The van der Waals surface area contributed by atoms with Crippen LogP contribution in [-0.2, 0) is 4.79 Å². The fourth-order valence-electron chi connectivity index (χ4n) is 1.42. The minimum atomic E-state index is 0.449. The molecule has 0 aromatic rings. The summed E-state index contributed by atoms with van der Waals surface area (Å²) < 4.78 is 0. The Morgan fingerprint density at radius 2 is 2.00 bits per heavy atom. The summed E-state index contributed by atoms with van der Waals surface area (Å²) in [6, 6.07) is 0. The Hall–Kier alpha value is -0.330. The van der Waals surface area contributed by atoms with Crippen molar-refractivity contribution >= 4 is 5.78 Å². The summed E-state index contributed by atoms with van der Waals surface area (Å²) in [6.45, 7) is 0. The number of rotatable bonds is 0. The van der Waals surface area contributed by atoms with Crippen molar-refractivity contribution in [3.63, 3.8) is 0 Å². The van der Waals surface area contributed by atoms with Gasteiger partial charge in [0.25, 0.3) is 0 Å². The summed E-state index contributed by atoms with van der Waals surface area (Å²) in [5.41, 5.74) is 0. The van der Waals surface area contributed by atoms with Gasteiger partial charge in [0.2, 0.25) is 0 Å². The summed E-state index contributed by atoms with van der Waals surface area (Å²) in [4.78, 5) is 10.6. The minimum absolute atomic E-state index is 0.449. The molecule has 3 fully saturated rings. The van der Waals surface area contributed by atoms with Crippen LogP contribution in [0.25, 0.3) is 0 Å². The van der Waals surface area contributed by atoms with Gasteiger partial charge in [-0.25, -0.2) is 0 Å². The first-order chi connectivity index (χ1) is 3.36. The third-order valence-electron chi connectivity index (χ3n) is 1.94. The maximum Gasteiger partial charge on any atom is 0.140 e. The Labute approximate surface area is 42.7 Å². The summed E-state index contributed by atoms with van der Waals surface area (Å²) in [5, 5.41) is 0. The molecule has 1 radical (unpaired) electrons. The van der Waals surface area contributed by atoms with Crippen LogP contribution in [0, 0.1) is 11.8 Å². The smallest absolute Gasteiger partial charge is 0.140 e. The van der Waals surface area contributed by atoms with E-state index in [1.807, 2.05) is 0 Å². The lowest BCUT2D eigenvalue weighted by molar-refractivity contribution is -0.115. The van der Waals surface area contributed by atoms with Crippen LogP contribution >= 0.6 is 0 Å². The summed E-state index contributed by atoms with van der Waals surface area (Å²) >= 11 is 0. The molecule has 0 heterocycles. The molecule has 0 amide bonds. The van der Waals surface area contributed by atoms with E-state index in [0.29, 0.717) is 5.78 Å². The Bertz CT molecular complexity index is 111. The van der Waals surface area contributed by atoms with Crippen LogP contribution < -0.4 is 0 Å². The molecule has 0 unspecified atom stereocenters. The molecule has 0 N–H and O–H groups in total. The van der Waals surface area contributed by atoms with E-state index in [-0.39, 0.29) is 0 Å². The van der Waals surface area contributed by atoms with Gasteiger partial charge in [-0.05, 0) is 18.8 Å². The number of hydrogen-bond acceptors (Lipinski definition) is 1. The predicted octanol–water partition coefficient (Wildman–Crippen LogP) is 0.944. The lowest BCUT2D eigenvalue weighted by Crippen LogP contribution is -2.10. The van der Waals surface area contributed by atoms with E-state index >= 15 is 0 Å². The van der Waals surface area contributed by atoms with E-state index < -0.39 is 0 Å². The minimum Gasteiger partial charge on any atom is -0.299 e. The maximum atomic E-state index is 10.6. The van der Waals surface area contributed by atoms with Crippen LogP contribution in [0.1, 0.15) is 19.3 Å². The number of hydrogen-bond donors (Lipinski definition) is 0. The molecule has 2 bridgehead atoms. The fourth-order valence-corrected chi connectivity index (χ4v) is 1.42. The van der Waals surface area contributed by atoms with Crippen molar-refractivity contribution < 1.29 is 4.79 Å². The van der Waals surface area contributed by atoms with Gasteiger partial charge in [0.15, 0.2) is 0 Å². The molecule has 0 aliphatic heterocycles. The summed E-state index contributed by atoms with van der Waals surface area (Å²) in [5.74, 6) is 2.44. The van der Waals surface area contributed by atoms with Gasteiger partial charge in [-0.1, -0.05) is 0 Å². The van der Waals surface area contributed by atoms with Crippen molar-refractivity contribution in [1.82, 2.24) is 0 Å². The highest BCUT2D eigenvalue weighted by Gasteiger charge is 2.43. The van der Waals surface area contributed by atoms with Crippen molar-refractivity contribution in [2.24, 2.45) is 5.92 Å². The zero-order valence-corrected chi connectivity index (χ0v) is 4.11. The number of carbonyl (C=O) groups is 1. The molecule has 1 heteroatoms. The average Bonchev–Trinajstić information content (AvgIpc) is 1.85. The van der Waals surface area contributed by atoms with Crippen molar-refractivity contribution in [1.29, 1.82) is 0 Å². The molecule has 3 saturated carbocycles. The molecule has 0 spiro atoms. The number of ketones is 1. The second-order valence-corrected chi connectivity index (χ2v) is 2.51. The molecule has 37 valence electrons.